The Kier molecular flexibility index (Phi) is 2.15. The third-order valence-corrected chi connectivity index (χ3v) is 3.19. The van der Waals surface area contributed by atoms with Crippen LogP contribution in [0.5, 0.6) is 0 Å². The Morgan fingerprint density at radius 1 is 1.36 bits per heavy atom. The maximum atomic E-state index is 12.7. The predicted molar refractivity (Wildman–Crippen MR) is 55.9 cm³/mol. The van der Waals surface area contributed by atoms with Crippen LogP contribution in [0.4, 0.5) is 14.5 Å². The molecule has 74 valence electrons. The lowest BCUT2D eigenvalue weighted by Crippen LogP contribution is -1.91. The zero-order valence-electron chi connectivity index (χ0n) is 7.55. The van der Waals surface area contributed by atoms with Crippen molar-refractivity contribution >= 4 is 27.1 Å². The number of hydrogen-bond donors (Lipinski definition) is 1. The van der Waals surface area contributed by atoms with E-state index >= 15 is 0 Å². The molecule has 4 heteroatoms. The quantitative estimate of drug-likeness (QED) is 0.717. The number of nitrogens with two attached hydrogens (primary N) is 1. The second-order valence-electron chi connectivity index (χ2n) is 3.20. The first-order chi connectivity index (χ1) is 6.59. The summed E-state index contributed by atoms with van der Waals surface area (Å²) < 4.78 is 26.2. The van der Waals surface area contributed by atoms with E-state index < -0.39 is 6.43 Å². The molecule has 0 aliphatic rings. The van der Waals surface area contributed by atoms with E-state index in [9.17, 15) is 8.78 Å². The van der Waals surface area contributed by atoms with Crippen molar-refractivity contribution in [3.05, 3.63) is 28.6 Å². The van der Waals surface area contributed by atoms with E-state index in [2.05, 4.69) is 0 Å². The normalized spacial score (nSPS) is 11.4. The number of fused-ring (bicyclic) bond motifs is 1. The lowest BCUT2D eigenvalue weighted by Gasteiger charge is -2.04. The first kappa shape index (κ1) is 9.40. The number of nitrogen functional groups attached to an aromatic ring is 1. The Morgan fingerprint density at radius 2 is 2.07 bits per heavy atom. The van der Waals surface area contributed by atoms with E-state index in [4.69, 9.17) is 5.73 Å². The molecule has 0 spiro atoms. The van der Waals surface area contributed by atoms with Gasteiger partial charge >= 0.3 is 0 Å². The number of halogens is 2. The molecule has 0 atom stereocenters. The van der Waals surface area contributed by atoms with Crippen LogP contribution < -0.4 is 5.73 Å². The van der Waals surface area contributed by atoms with Gasteiger partial charge in [-0.15, -0.1) is 11.3 Å². The molecule has 0 fully saturated rings. The van der Waals surface area contributed by atoms with Gasteiger partial charge in [-0.1, -0.05) is 0 Å². The Morgan fingerprint density at radius 3 is 2.71 bits per heavy atom. The minimum atomic E-state index is -2.46. The van der Waals surface area contributed by atoms with Crippen molar-refractivity contribution in [2.45, 2.75) is 13.3 Å². The largest absolute Gasteiger partial charge is 0.399 e. The van der Waals surface area contributed by atoms with Crippen molar-refractivity contribution in [1.82, 2.24) is 0 Å². The zero-order chi connectivity index (χ0) is 10.3. The molecule has 0 saturated heterocycles. The van der Waals surface area contributed by atoms with Crippen LogP contribution in [-0.2, 0) is 0 Å². The maximum absolute atomic E-state index is 12.7. The Bertz CT molecular complexity index is 476. The second-order valence-corrected chi connectivity index (χ2v) is 4.11. The van der Waals surface area contributed by atoms with E-state index in [1.54, 1.807) is 6.07 Å². The number of hydrogen-bond acceptors (Lipinski definition) is 2. The fraction of sp³-hybridized carbons (Fsp3) is 0.200. The highest BCUT2D eigenvalue weighted by atomic mass is 32.1. The zero-order valence-corrected chi connectivity index (χ0v) is 8.37. The summed E-state index contributed by atoms with van der Waals surface area (Å²) in [5.41, 5.74) is 6.87. The Hall–Kier alpha value is -1.16. The lowest BCUT2D eigenvalue weighted by atomic mass is 10.1. The van der Waals surface area contributed by atoms with Gasteiger partial charge < -0.3 is 5.73 Å². The van der Waals surface area contributed by atoms with Crippen LogP contribution in [0.15, 0.2) is 17.5 Å². The van der Waals surface area contributed by atoms with E-state index in [0.717, 1.165) is 10.3 Å². The van der Waals surface area contributed by atoms with Crippen molar-refractivity contribution in [3.63, 3.8) is 0 Å². The van der Waals surface area contributed by atoms with Gasteiger partial charge in [0.15, 0.2) is 0 Å². The molecule has 0 aliphatic carbocycles. The molecule has 1 aromatic carbocycles. The summed E-state index contributed by atoms with van der Waals surface area (Å²) >= 11 is 1.45. The fourth-order valence-corrected chi connectivity index (χ4v) is 2.58. The molecule has 0 radical (unpaired) electrons. The smallest absolute Gasteiger partial charge is 0.264 e. The topological polar surface area (TPSA) is 26.0 Å². The molecule has 0 bridgehead atoms. The van der Waals surface area contributed by atoms with Crippen molar-refractivity contribution in [2.24, 2.45) is 0 Å². The first-order valence-electron chi connectivity index (χ1n) is 4.15. The van der Waals surface area contributed by atoms with Crippen LogP contribution in [0, 0.1) is 6.92 Å². The summed E-state index contributed by atoms with van der Waals surface area (Å²) in [5.74, 6) is 0. The summed E-state index contributed by atoms with van der Waals surface area (Å²) in [5, 5.41) is 2.52. The highest BCUT2D eigenvalue weighted by molar-refractivity contribution is 7.17. The van der Waals surface area contributed by atoms with Gasteiger partial charge in [-0.3, -0.25) is 0 Å². The van der Waals surface area contributed by atoms with Crippen LogP contribution in [0.1, 0.15) is 17.6 Å². The monoisotopic (exact) mass is 213 g/mol. The highest BCUT2D eigenvalue weighted by Gasteiger charge is 2.15. The molecule has 0 saturated carbocycles. The number of alkyl halides is 2. The number of benzene rings is 1. The third kappa shape index (κ3) is 1.35. The molecule has 0 unspecified atom stereocenters. The summed E-state index contributed by atoms with van der Waals surface area (Å²) in [4.78, 5) is 0. The van der Waals surface area contributed by atoms with E-state index in [-0.39, 0.29) is 5.56 Å². The molecule has 14 heavy (non-hydrogen) atoms. The average Bonchev–Trinajstić information content (AvgIpc) is 2.46. The van der Waals surface area contributed by atoms with E-state index in [1.165, 1.54) is 17.4 Å². The molecular formula is C10H9F2NS. The van der Waals surface area contributed by atoms with Crippen LogP contribution in [0.3, 0.4) is 0 Å². The molecule has 2 aromatic rings. The molecular weight excluding hydrogens is 204 g/mol. The van der Waals surface area contributed by atoms with Crippen molar-refractivity contribution in [2.75, 3.05) is 5.73 Å². The van der Waals surface area contributed by atoms with Crippen LogP contribution in [0.2, 0.25) is 0 Å². The van der Waals surface area contributed by atoms with Crippen molar-refractivity contribution in [3.8, 4) is 0 Å². The number of aryl methyl sites for hydroxylation is 1. The highest BCUT2D eigenvalue weighted by Crippen LogP contribution is 2.35. The SMILES string of the molecule is Cc1csc2cc(N)cc(C(F)F)c12. The first-order valence-corrected chi connectivity index (χ1v) is 5.03. The third-order valence-electron chi connectivity index (χ3n) is 2.15. The standard InChI is InChI=1S/C10H9F2NS/c1-5-4-14-8-3-6(13)2-7(9(5)8)10(11)12/h2-4,10H,13H2,1H3. The van der Waals surface area contributed by atoms with Gasteiger partial charge in [0, 0.05) is 21.3 Å². The summed E-state index contributed by atoms with van der Waals surface area (Å²) in [6, 6.07) is 3.09. The maximum Gasteiger partial charge on any atom is 0.264 e. The summed E-state index contributed by atoms with van der Waals surface area (Å²) in [7, 11) is 0. The molecule has 2 rings (SSSR count). The number of rotatable bonds is 1. The average molecular weight is 213 g/mol. The van der Waals surface area contributed by atoms with Gasteiger partial charge in [0.25, 0.3) is 6.43 Å². The van der Waals surface area contributed by atoms with Crippen molar-refractivity contribution < 1.29 is 8.78 Å². The number of thiophene rings is 1. The molecule has 0 aliphatic heterocycles. The minimum Gasteiger partial charge on any atom is -0.399 e. The van der Waals surface area contributed by atoms with Gasteiger partial charge in [-0.05, 0) is 30.0 Å². The lowest BCUT2D eigenvalue weighted by molar-refractivity contribution is 0.153. The van der Waals surface area contributed by atoms with Crippen LogP contribution in [0.25, 0.3) is 10.1 Å². The van der Waals surface area contributed by atoms with E-state index in [1.807, 2.05) is 12.3 Å². The van der Waals surface area contributed by atoms with Gasteiger partial charge in [-0.2, -0.15) is 0 Å². The van der Waals surface area contributed by atoms with Crippen LogP contribution in [-0.4, -0.2) is 0 Å². The van der Waals surface area contributed by atoms with Gasteiger partial charge in [0.2, 0.25) is 0 Å². The fourth-order valence-electron chi connectivity index (χ4n) is 1.56. The Labute approximate surface area is 84.2 Å². The van der Waals surface area contributed by atoms with Gasteiger partial charge in [-0.25, -0.2) is 8.78 Å². The molecule has 1 heterocycles. The molecule has 1 nitrogen and oxygen atoms in total. The summed E-state index contributed by atoms with van der Waals surface area (Å²) in [6.45, 7) is 1.83. The second kappa shape index (κ2) is 3.20. The van der Waals surface area contributed by atoms with E-state index in [0.29, 0.717) is 11.1 Å². The minimum absolute atomic E-state index is 0.0405. The predicted octanol–water partition coefficient (Wildman–Crippen LogP) is 3.73. The molecule has 0 amide bonds. The van der Waals surface area contributed by atoms with Crippen LogP contribution >= 0.6 is 11.3 Å². The van der Waals surface area contributed by atoms with Crippen molar-refractivity contribution in [1.29, 1.82) is 0 Å². The summed E-state index contributed by atoms with van der Waals surface area (Å²) in [6.07, 6.45) is -2.46. The molecule has 1 aromatic heterocycles. The molecule has 2 N–H and O–H groups in total. The Balaban J connectivity index is 2.83. The van der Waals surface area contributed by atoms with Gasteiger partial charge in [0.05, 0.1) is 0 Å². The number of anilines is 1. The van der Waals surface area contributed by atoms with Gasteiger partial charge in [0.1, 0.15) is 0 Å².